The van der Waals surface area contributed by atoms with Crippen molar-refractivity contribution in [3.05, 3.63) is 0 Å². The SMILES string of the molecule is CSCCC(=O)NCCOCCOCCOCCOCCOCCOCCOCCOCCOCCOCCOCCOCCC(=O)NCCCCCCOP(C)(=O)S. The molecule has 0 aliphatic rings. The second-order valence-electron chi connectivity index (χ2n) is 12.6. The number of thioether (sulfide) groups is 1. The lowest BCUT2D eigenvalue weighted by Gasteiger charge is -2.09. The lowest BCUT2D eigenvalue weighted by atomic mass is 10.2. The van der Waals surface area contributed by atoms with Crippen molar-refractivity contribution >= 4 is 42.4 Å². The van der Waals surface area contributed by atoms with Crippen LogP contribution in [-0.4, -0.2) is 209 Å². The molecule has 352 valence electrons. The Labute approximate surface area is 363 Å². The number of hydrogen-bond acceptors (Lipinski definition) is 17. The highest BCUT2D eigenvalue weighted by Crippen LogP contribution is 2.47. The largest absolute Gasteiger partial charge is 0.379 e. The molecule has 0 rings (SSSR count). The van der Waals surface area contributed by atoms with Gasteiger partial charge in [0.1, 0.15) is 0 Å². The molecule has 0 heterocycles. The van der Waals surface area contributed by atoms with Crippen molar-refractivity contribution in [3.63, 3.8) is 0 Å². The van der Waals surface area contributed by atoms with Crippen molar-refractivity contribution in [2.24, 2.45) is 0 Å². The molecular formula is C38H77N2O16PS2. The van der Waals surface area contributed by atoms with Crippen LogP contribution in [0.3, 0.4) is 0 Å². The number of carbonyl (C=O) groups excluding carboxylic acids is 2. The summed E-state index contributed by atoms with van der Waals surface area (Å²) < 4.78 is 82.1. The Morgan fingerprint density at radius 2 is 0.729 bits per heavy atom. The van der Waals surface area contributed by atoms with Crippen LogP contribution in [0.25, 0.3) is 0 Å². The molecule has 0 aromatic heterocycles. The van der Waals surface area contributed by atoms with Crippen LogP contribution in [0.2, 0.25) is 0 Å². The molecule has 0 aliphatic heterocycles. The van der Waals surface area contributed by atoms with E-state index in [0.717, 1.165) is 31.4 Å². The number of nitrogens with one attached hydrogen (secondary N) is 2. The molecule has 18 nitrogen and oxygen atoms in total. The van der Waals surface area contributed by atoms with E-state index >= 15 is 0 Å². The quantitative estimate of drug-likeness (QED) is 0.0458. The second kappa shape index (κ2) is 48.4. The number of rotatable bonds is 50. The van der Waals surface area contributed by atoms with Crippen molar-refractivity contribution in [1.29, 1.82) is 0 Å². The summed E-state index contributed by atoms with van der Waals surface area (Å²) in [5.74, 6) is 0.851. The predicted octanol–water partition coefficient (Wildman–Crippen LogP) is 2.89. The molecule has 0 aliphatic carbocycles. The standard InChI is InChI=1S/C38H77N2O16PS2/c1-57(43,58)56-11-6-4-3-5-9-39-37(41)7-12-44-14-16-46-18-20-48-22-24-50-26-28-52-30-32-54-34-35-55-33-31-53-29-27-51-25-23-49-21-19-47-17-15-45-13-10-40-38(42)8-36-59-2/h3-36H2,1-2H3,(H,39,41)(H,40,42)(H,43,58). The third-order valence-corrected chi connectivity index (χ3v) is 9.01. The van der Waals surface area contributed by atoms with Crippen molar-refractivity contribution in [1.82, 2.24) is 10.6 Å². The molecule has 0 aromatic rings. The first kappa shape index (κ1) is 58.4. The molecule has 1 unspecified atom stereocenters. The molecule has 1 atom stereocenters. The molecule has 0 fully saturated rings. The average Bonchev–Trinajstić information content (AvgIpc) is 3.21. The second-order valence-corrected chi connectivity index (χ2v) is 17.6. The molecule has 0 saturated carbocycles. The molecule has 21 heteroatoms. The maximum atomic E-state index is 11.9. The van der Waals surface area contributed by atoms with Crippen LogP contribution in [-0.2, 0) is 75.5 Å². The van der Waals surface area contributed by atoms with Gasteiger partial charge < -0.3 is 72.0 Å². The fraction of sp³-hybridized carbons (Fsp3) is 0.947. The number of amides is 2. The molecule has 0 spiro atoms. The predicted molar refractivity (Wildman–Crippen MR) is 230 cm³/mol. The van der Waals surface area contributed by atoms with E-state index in [2.05, 4.69) is 22.9 Å². The van der Waals surface area contributed by atoms with E-state index in [1.165, 1.54) is 6.66 Å². The van der Waals surface area contributed by atoms with Gasteiger partial charge in [0.05, 0.1) is 165 Å². The van der Waals surface area contributed by atoms with Gasteiger partial charge in [0, 0.05) is 38.3 Å². The van der Waals surface area contributed by atoms with Gasteiger partial charge in [0.25, 0.3) is 6.57 Å². The zero-order valence-corrected chi connectivity index (χ0v) is 38.5. The molecule has 59 heavy (non-hydrogen) atoms. The van der Waals surface area contributed by atoms with Gasteiger partial charge in [-0.2, -0.15) is 11.8 Å². The number of thiol groups is 1. The van der Waals surface area contributed by atoms with Crippen LogP contribution in [0, 0.1) is 0 Å². The number of unbranched alkanes of at least 4 members (excludes halogenated alkanes) is 3. The lowest BCUT2D eigenvalue weighted by molar-refractivity contribution is -0.122. The van der Waals surface area contributed by atoms with Crippen LogP contribution < -0.4 is 10.6 Å². The fourth-order valence-electron chi connectivity index (χ4n) is 4.36. The molecule has 0 bridgehead atoms. The Hall–Kier alpha value is -0.650. The van der Waals surface area contributed by atoms with E-state index in [1.807, 2.05) is 6.26 Å². The van der Waals surface area contributed by atoms with E-state index in [9.17, 15) is 14.2 Å². The summed E-state index contributed by atoms with van der Waals surface area (Å²) >= 11 is 5.54. The number of carbonyl (C=O) groups is 2. The van der Waals surface area contributed by atoms with Crippen molar-refractivity contribution in [3.8, 4) is 0 Å². The lowest BCUT2D eigenvalue weighted by Crippen LogP contribution is -2.27. The summed E-state index contributed by atoms with van der Waals surface area (Å²) in [6.07, 6.45) is 6.47. The van der Waals surface area contributed by atoms with Crippen molar-refractivity contribution < 1.29 is 75.5 Å². The minimum atomic E-state index is -2.69. The highest BCUT2D eigenvalue weighted by atomic mass is 32.7. The number of ether oxygens (including phenoxy) is 12. The first-order valence-corrected chi connectivity index (χ1v) is 25.4. The third-order valence-electron chi connectivity index (χ3n) is 7.39. The Balaban J connectivity index is 3.14. The van der Waals surface area contributed by atoms with Gasteiger partial charge in [-0.3, -0.25) is 14.2 Å². The average molecular weight is 913 g/mol. The molecule has 0 aromatic carbocycles. The summed E-state index contributed by atoms with van der Waals surface area (Å²) in [6.45, 7) is 11.7. The van der Waals surface area contributed by atoms with Crippen LogP contribution in [0.5, 0.6) is 0 Å². The normalized spacial score (nSPS) is 12.5. The van der Waals surface area contributed by atoms with Crippen molar-refractivity contribution in [2.45, 2.75) is 38.5 Å². The van der Waals surface area contributed by atoms with Gasteiger partial charge in [0.15, 0.2) is 0 Å². The smallest absolute Gasteiger partial charge is 0.251 e. The minimum absolute atomic E-state index is 0.0290. The number of hydrogen-bond donors (Lipinski definition) is 3. The molecule has 2 N–H and O–H groups in total. The van der Waals surface area contributed by atoms with Crippen LogP contribution in [0.15, 0.2) is 0 Å². The van der Waals surface area contributed by atoms with Crippen LogP contribution >= 0.6 is 30.6 Å². The first-order valence-electron chi connectivity index (χ1n) is 20.7. The third kappa shape index (κ3) is 53.4. The topological polar surface area (TPSA) is 195 Å². The van der Waals surface area contributed by atoms with Gasteiger partial charge in [0.2, 0.25) is 11.8 Å². The Morgan fingerprint density at radius 3 is 1.08 bits per heavy atom. The maximum Gasteiger partial charge on any atom is 0.251 e. The van der Waals surface area contributed by atoms with Crippen LogP contribution in [0.1, 0.15) is 38.5 Å². The van der Waals surface area contributed by atoms with Gasteiger partial charge in [-0.15, -0.1) is 0 Å². The highest BCUT2D eigenvalue weighted by molar-refractivity contribution is 8.46. The summed E-state index contributed by atoms with van der Waals surface area (Å²) in [5.41, 5.74) is 0. The van der Waals surface area contributed by atoms with Gasteiger partial charge >= 0.3 is 0 Å². The molecule has 2 amide bonds. The Morgan fingerprint density at radius 1 is 0.424 bits per heavy atom. The van der Waals surface area contributed by atoms with Gasteiger partial charge in [-0.1, -0.05) is 25.1 Å². The highest BCUT2D eigenvalue weighted by Gasteiger charge is 2.07. The van der Waals surface area contributed by atoms with E-state index in [0.29, 0.717) is 191 Å². The van der Waals surface area contributed by atoms with Gasteiger partial charge in [-0.25, -0.2) is 0 Å². The van der Waals surface area contributed by atoms with E-state index in [-0.39, 0.29) is 11.8 Å². The van der Waals surface area contributed by atoms with E-state index < -0.39 is 6.57 Å². The van der Waals surface area contributed by atoms with Crippen LogP contribution in [0.4, 0.5) is 0 Å². The maximum absolute atomic E-state index is 11.9. The first-order chi connectivity index (χ1) is 28.8. The monoisotopic (exact) mass is 912 g/mol. The van der Waals surface area contributed by atoms with Gasteiger partial charge in [-0.05, 0) is 19.1 Å². The zero-order chi connectivity index (χ0) is 43.0. The van der Waals surface area contributed by atoms with Crippen molar-refractivity contribution in [2.75, 3.05) is 197 Å². The fourth-order valence-corrected chi connectivity index (χ4v) is 5.46. The zero-order valence-electron chi connectivity index (χ0n) is 35.9. The molecular weight excluding hydrogens is 836 g/mol. The van der Waals surface area contributed by atoms with E-state index in [4.69, 9.17) is 61.4 Å². The molecule has 0 radical (unpaired) electrons. The summed E-state index contributed by atoms with van der Waals surface area (Å²) in [4.78, 5) is 23.3. The summed E-state index contributed by atoms with van der Waals surface area (Å²) in [6, 6.07) is 0. The summed E-state index contributed by atoms with van der Waals surface area (Å²) in [5, 5.41) is 5.70. The molecule has 0 saturated heterocycles. The summed E-state index contributed by atoms with van der Waals surface area (Å²) in [7, 11) is 0. The van der Waals surface area contributed by atoms with E-state index in [1.54, 1.807) is 11.8 Å². The Bertz CT molecular complexity index is 948. The Kier molecular flexibility index (Phi) is 47.8. The minimum Gasteiger partial charge on any atom is -0.379 e.